The Kier molecular flexibility index (Phi) is 3.86. The molecule has 1 aliphatic carbocycles. The summed E-state index contributed by atoms with van der Waals surface area (Å²) >= 11 is 0. The maximum Gasteiger partial charge on any atom is 0.371 e. The fourth-order valence-electron chi connectivity index (χ4n) is 1.61. The van der Waals surface area contributed by atoms with Gasteiger partial charge in [-0.1, -0.05) is 12.8 Å². The molecular weight excluding hydrogens is 236 g/mol. The van der Waals surface area contributed by atoms with Crippen LogP contribution in [0.5, 0.6) is 0 Å². The summed E-state index contributed by atoms with van der Waals surface area (Å²) in [5.41, 5.74) is 0. The van der Waals surface area contributed by atoms with Crippen molar-refractivity contribution < 1.29 is 19.1 Å². The van der Waals surface area contributed by atoms with Gasteiger partial charge in [-0.15, -0.1) is 0 Å². The van der Waals surface area contributed by atoms with Gasteiger partial charge in [0.1, 0.15) is 5.76 Å². The van der Waals surface area contributed by atoms with Crippen molar-refractivity contribution in [1.82, 2.24) is 10.6 Å². The molecule has 6 heteroatoms. The fraction of sp³-hybridized carbons (Fsp3) is 0.500. The van der Waals surface area contributed by atoms with Crippen LogP contribution in [-0.2, 0) is 6.54 Å². The average Bonchev–Trinajstić information content (AvgIpc) is 3.02. The van der Waals surface area contributed by atoms with Crippen LogP contribution in [0.1, 0.15) is 35.6 Å². The van der Waals surface area contributed by atoms with Gasteiger partial charge in [0.15, 0.2) is 0 Å². The summed E-state index contributed by atoms with van der Waals surface area (Å²) in [7, 11) is 0. The molecule has 0 unspecified atom stereocenters. The maximum absolute atomic E-state index is 11.4. The van der Waals surface area contributed by atoms with Gasteiger partial charge in [0.25, 0.3) is 0 Å². The second-order valence-electron chi connectivity index (χ2n) is 4.41. The predicted octanol–water partition coefficient (Wildman–Crippen LogP) is 1.58. The van der Waals surface area contributed by atoms with Crippen molar-refractivity contribution >= 4 is 12.0 Å². The van der Waals surface area contributed by atoms with Gasteiger partial charge in [-0.05, 0) is 24.5 Å². The Labute approximate surface area is 104 Å². The van der Waals surface area contributed by atoms with Crippen molar-refractivity contribution in [2.75, 3.05) is 6.54 Å². The number of aromatic carboxylic acids is 1. The quantitative estimate of drug-likeness (QED) is 0.716. The van der Waals surface area contributed by atoms with Crippen LogP contribution in [0.3, 0.4) is 0 Å². The zero-order valence-corrected chi connectivity index (χ0v) is 9.94. The Morgan fingerprint density at radius 2 is 2.11 bits per heavy atom. The Balaban J connectivity index is 1.65. The van der Waals surface area contributed by atoms with E-state index in [1.165, 1.54) is 25.0 Å². The minimum atomic E-state index is -1.12. The van der Waals surface area contributed by atoms with E-state index >= 15 is 0 Å². The number of carbonyl (C=O) groups excluding carboxylic acids is 1. The number of rotatable bonds is 6. The summed E-state index contributed by atoms with van der Waals surface area (Å²) in [6.45, 7) is 0.859. The van der Waals surface area contributed by atoms with Gasteiger partial charge in [-0.2, -0.15) is 0 Å². The Hall–Kier alpha value is -1.98. The Morgan fingerprint density at radius 1 is 1.33 bits per heavy atom. The highest BCUT2D eigenvalue weighted by atomic mass is 16.4. The number of carbonyl (C=O) groups is 2. The zero-order valence-electron chi connectivity index (χ0n) is 9.94. The van der Waals surface area contributed by atoms with E-state index in [4.69, 9.17) is 9.52 Å². The lowest BCUT2D eigenvalue weighted by Gasteiger charge is -2.05. The molecule has 0 aromatic carbocycles. The van der Waals surface area contributed by atoms with E-state index in [0.717, 1.165) is 12.3 Å². The molecule has 0 atom stereocenters. The fourth-order valence-corrected chi connectivity index (χ4v) is 1.61. The molecule has 98 valence electrons. The van der Waals surface area contributed by atoms with Gasteiger partial charge in [0.2, 0.25) is 5.76 Å². The summed E-state index contributed by atoms with van der Waals surface area (Å²) in [6, 6.07) is 2.64. The minimum absolute atomic E-state index is 0.124. The SMILES string of the molecule is O=C(NCCC1CC1)NCc1ccc(C(=O)O)o1. The molecule has 0 spiro atoms. The molecule has 3 N–H and O–H groups in total. The summed E-state index contributed by atoms with van der Waals surface area (Å²) in [5, 5.41) is 14.0. The van der Waals surface area contributed by atoms with E-state index in [1.807, 2.05) is 0 Å². The van der Waals surface area contributed by atoms with Gasteiger partial charge in [-0.3, -0.25) is 0 Å². The number of amides is 2. The first kappa shape index (κ1) is 12.5. The molecule has 0 aliphatic heterocycles. The van der Waals surface area contributed by atoms with Crippen molar-refractivity contribution in [2.24, 2.45) is 5.92 Å². The lowest BCUT2D eigenvalue weighted by molar-refractivity contribution is 0.0660. The molecule has 1 aliphatic rings. The van der Waals surface area contributed by atoms with Crippen LogP contribution in [0.15, 0.2) is 16.5 Å². The first-order valence-electron chi connectivity index (χ1n) is 5.99. The Morgan fingerprint density at radius 3 is 2.72 bits per heavy atom. The van der Waals surface area contributed by atoms with Crippen molar-refractivity contribution in [1.29, 1.82) is 0 Å². The van der Waals surface area contributed by atoms with Crippen LogP contribution in [0.25, 0.3) is 0 Å². The largest absolute Gasteiger partial charge is 0.475 e. The number of nitrogens with one attached hydrogen (secondary N) is 2. The third kappa shape index (κ3) is 3.80. The van der Waals surface area contributed by atoms with Crippen LogP contribution < -0.4 is 10.6 Å². The van der Waals surface area contributed by atoms with Crippen LogP contribution >= 0.6 is 0 Å². The first-order chi connectivity index (χ1) is 8.65. The zero-order chi connectivity index (χ0) is 13.0. The molecule has 0 saturated heterocycles. The summed E-state index contributed by atoms with van der Waals surface area (Å²) in [4.78, 5) is 21.9. The highest BCUT2D eigenvalue weighted by Crippen LogP contribution is 2.31. The molecule has 1 saturated carbocycles. The second kappa shape index (κ2) is 5.57. The van der Waals surface area contributed by atoms with E-state index in [2.05, 4.69) is 10.6 Å². The molecule has 2 rings (SSSR count). The summed E-state index contributed by atoms with van der Waals surface area (Å²) in [5.74, 6) is -0.0330. The molecule has 1 heterocycles. The smallest absolute Gasteiger partial charge is 0.371 e. The van der Waals surface area contributed by atoms with Crippen LogP contribution in [-0.4, -0.2) is 23.7 Å². The number of hydrogen-bond donors (Lipinski definition) is 3. The van der Waals surface area contributed by atoms with Gasteiger partial charge < -0.3 is 20.2 Å². The van der Waals surface area contributed by atoms with E-state index < -0.39 is 5.97 Å². The van der Waals surface area contributed by atoms with E-state index in [0.29, 0.717) is 12.3 Å². The van der Waals surface area contributed by atoms with Gasteiger partial charge in [0, 0.05) is 6.54 Å². The lowest BCUT2D eigenvalue weighted by atomic mass is 10.3. The van der Waals surface area contributed by atoms with E-state index in [1.54, 1.807) is 0 Å². The van der Waals surface area contributed by atoms with Crippen LogP contribution in [0.4, 0.5) is 4.79 Å². The van der Waals surface area contributed by atoms with Crippen LogP contribution in [0, 0.1) is 5.92 Å². The maximum atomic E-state index is 11.4. The molecule has 6 nitrogen and oxygen atoms in total. The average molecular weight is 252 g/mol. The number of carboxylic acid groups (broad SMARTS) is 1. The molecule has 0 bridgehead atoms. The number of furan rings is 1. The monoisotopic (exact) mass is 252 g/mol. The molecule has 18 heavy (non-hydrogen) atoms. The molecule has 1 fully saturated rings. The van der Waals surface area contributed by atoms with E-state index in [-0.39, 0.29) is 18.3 Å². The van der Waals surface area contributed by atoms with Gasteiger partial charge >= 0.3 is 12.0 Å². The number of carboxylic acids is 1. The number of urea groups is 1. The normalized spacial score (nSPS) is 14.2. The van der Waals surface area contributed by atoms with E-state index in [9.17, 15) is 9.59 Å². The topological polar surface area (TPSA) is 91.6 Å². The predicted molar refractivity (Wildman–Crippen MR) is 63.2 cm³/mol. The third-order valence-corrected chi connectivity index (χ3v) is 2.83. The standard InChI is InChI=1S/C12H16N2O4/c15-11(16)10-4-3-9(18-10)7-14-12(17)13-6-5-8-1-2-8/h3-4,8H,1-2,5-7H2,(H,15,16)(H2,13,14,17). The molecular formula is C12H16N2O4. The van der Waals surface area contributed by atoms with Crippen LogP contribution in [0.2, 0.25) is 0 Å². The summed E-state index contributed by atoms with van der Waals surface area (Å²) < 4.78 is 5.01. The second-order valence-corrected chi connectivity index (χ2v) is 4.41. The van der Waals surface area contributed by atoms with Crippen molar-refractivity contribution in [3.63, 3.8) is 0 Å². The van der Waals surface area contributed by atoms with Gasteiger partial charge in [0.05, 0.1) is 6.54 Å². The van der Waals surface area contributed by atoms with Crippen molar-refractivity contribution in [2.45, 2.75) is 25.8 Å². The molecule has 1 aromatic heterocycles. The lowest BCUT2D eigenvalue weighted by Crippen LogP contribution is -2.35. The summed E-state index contributed by atoms with van der Waals surface area (Å²) in [6.07, 6.45) is 3.57. The Bertz CT molecular complexity index is 437. The minimum Gasteiger partial charge on any atom is -0.475 e. The van der Waals surface area contributed by atoms with Crippen molar-refractivity contribution in [3.05, 3.63) is 23.7 Å². The number of hydrogen-bond acceptors (Lipinski definition) is 3. The highest BCUT2D eigenvalue weighted by Gasteiger charge is 2.20. The molecule has 2 amide bonds. The molecule has 1 aromatic rings. The highest BCUT2D eigenvalue weighted by molar-refractivity contribution is 5.84. The molecule has 0 radical (unpaired) electrons. The van der Waals surface area contributed by atoms with Crippen molar-refractivity contribution in [3.8, 4) is 0 Å². The third-order valence-electron chi connectivity index (χ3n) is 2.83. The van der Waals surface area contributed by atoms with Gasteiger partial charge in [-0.25, -0.2) is 9.59 Å². The first-order valence-corrected chi connectivity index (χ1v) is 5.99.